The molecule has 2 aliphatic rings. The summed E-state index contributed by atoms with van der Waals surface area (Å²) in [4.78, 5) is 20.3. The molecule has 32 heavy (non-hydrogen) atoms. The highest BCUT2D eigenvalue weighted by Crippen LogP contribution is 2.33. The van der Waals surface area contributed by atoms with Crippen LogP contribution in [0.4, 0.5) is 0 Å². The van der Waals surface area contributed by atoms with E-state index in [1.165, 1.54) is 0 Å². The highest BCUT2D eigenvalue weighted by atomic mass is 32.1. The molecule has 0 bridgehead atoms. The molecule has 2 N–H and O–H groups in total. The molecule has 2 aromatic rings. The fourth-order valence-corrected chi connectivity index (χ4v) is 4.19. The number of fused-ring (bicyclic) bond motifs is 2. The lowest BCUT2D eigenvalue weighted by Gasteiger charge is -2.31. The number of hydrogen-bond acceptors (Lipinski definition) is 6. The number of nitrogens with one attached hydrogen (secondary N) is 2. The highest BCUT2D eigenvalue weighted by molar-refractivity contribution is 7.80. The van der Waals surface area contributed by atoms with Gasteiger partial charge in [-0.05, 0) is 30.8 Å². The number of benzene rings is 1. The number of rotatable bonds is 8. The van der Waals surface area contributed by atoms with Gasteiger partial charge >= 0.3 is 0 Å². The first-order valence-electron chi connectivity index (χ1n) is 11.4. The molecule has 2 aliphatic heterocycles. The Balaban J connectivity index is 1.52. The van der Waals surface area contributed by atoms with Crippen molar-refractivity contribution in [2.24, 2.45) is 0 Å². The second-order valence-electron chi connectivity index (χ2n) is 8.17. The van der Waals surface area contributed by atoms with E-state index in [1.807, 2.05) is 18.2 Å². The van der Waals surface area contributed by atoms with Crippen LogP contribution in [0.25, 0.3) is 10.9 Å². The molecule has 9 heteroatoms. The Hall–Kier alpha value is -2.36. The maximum atomic E-state index is 12.9. The maximum absolute atomic E-state index is 12.9. The number of unbranched alkanes of at least 4 members (excludes halogenated alkanes) is 1. The fraction of sp³-hybridized carbons (Fsp3) is 0.565. The van der Waals surface area contributed by atoms with Gasteiger partial charge in [0.2, 0.25) is 0 Å². The summed E-state index contributed by atoms with van der Waals surface area (Å²) in [7, 11) is 0. The summed E-state index contributed by atoms with van der Waals surface area (Å²) in [6.07, 6.45) is 2.16. The van der Waals surface area contributed by atoms with Crippen LogP contribution in [0.15, 0.2) is 23.0 Å². The van der Waals surface area contributed by atoms with Crippen LogP contribution < -0.4 is 20.3 Å². The molecular formula is C23H32N4O4S. The third-order valence-corrected chi connectivity index (χ3v) is 6.23. The van der Waals surface area contributed by atoms with Gasteiger partial charge in [0, 0.05) is 49.7 Å². The minimum Gasteiger partial charge on any atom is -0.486 e. The summed E-state index contributed by atoms with van der Waals surface area (Å²) in [6, 6.07) is 5.70. The normalized spacial score (nSPS) is 16.2. The third kappa shape index (κ3) is 5.70. The summed E-state index contributed by atoms with van der Waals surface area (Å²) < 4.78 is 16.8. The number of ether oxygens (including phenoxy) is 3. The van der Waals surface area contributed by atoms with Crippen molar-refractivity contribution in [1.82, 2.24) is 20.1 Å². The molecule has 4 rings (SSSR count). The molecule has 1 aromatic heterocycles. The van der Waals surface area contributed by atoms with E-state index in [4.69, 9.17) is 26.4 Å². The van der Waals surface area contributed by atoms with Gasteiger partial charge in [-0.2, -0.15) is 0 Å². The van der Waals surface area contributed by atoms with Gasteiger partial charge < -0.3 is 29.4 Å². The molecule has 1 fully saturated rings. The van der Waals surface area contributed by atoms with Crippen LogP contribution in [0.2, 0.25) is 0 Å². The summed E-state index contributed by atoms with van der Waals surface area (Å²) in [6.45, 7) is 9.48. The SMILES string of the molecule is CCCCNC(=S)N(CCN1CCOCC1)Cc1cc2cc3c(cc2[nH]c1=O)OCCO3. The number of H-pyrrole nitrogens is 1. The summed E-state index contributed by atoms with van der Waals surface area (Å²) in [5.41, 5.74) is 1.31. The molecule has 174 valence electrons. The van der Waals surface area contributed by atoms with Crippen molar-refractivity contribution in [3.05, 3.63) is 34.1 Å². The van der Waals surface area contributed by atoms with Gasteiger partial charge in [-0.25, -0.2) is 0 Å². The van der Waals surface area contributed by atoms with Gasteiger partial charge in [0.25, 0.3) is 5.56 Å². The fourth-order valence-electron chi connectivity index (χ4n) is 3.93. The van der Waals surface area contributed by atoms with Crippen LogP contribution in [0.3, 0.4) is 0 Å². The van der Waals surface area contributed by atoms with Crippen LogP contribution >= 0.6 is 12.2 Å². The summed E-state index contributed by atoms with van der Waals surface area (Å²) in [5.74, 6) is 1.38. The molecule has 8 nitrogen and oxygen atoms in total. The quantitative estimate of drug-likeness (QED) is 0.458. The molecule has 3 heterocycles. The van der Waals surface area contributed by atoms with Gasteiger partial charge in [0.1, 0.15) is 13.2 Å². The van der Waals surface area contributed by atoms with Crippen LogP contribution in [-0.2, 0) is 11.3 Å². The second-order valence-corrected chi connectivity index (χ2v) is 8.55. The van der Waals surface area contributed by atoms with Gasteiger partial charge in [0.05, 0.1) is 25.3 Å². The number of nitrogens with zero attached hydrogens (tertiary/aromatic N) is 2. The molecule has 0 saturated carbocycles. The minimum absolute atomic E-state index is 0.109. The van der Waals surface area contributed by atoms with E-state index in [0.29, 0.717) is 41.9 Å². The predicted molar refractivity (Wildman–Crippen MR) is 129 cm³/mol. The first kappa shape index (κ1) is 22.8. The van der Waals surface area contributed by atoms with E-state index >= 15 is 0 Å². The maximum Gasteiger partial charge on any atom is 0.253 e. The van der Waals surface area contributed by atoms with E-state index < -0.39 is 0 Å². The Morgan fingerprint density at radius 3 is 2.66 bits per heavy atom. The van der Waals surface area contributed by atoms with Crippen molar-refractivity contribution < 1.29 is 14.2 Å². The Kier molecular flexibility index (Phi) is 7.83. The van der Waals surface area contributed by atoms with Gasteiger partial charge in [0.15, 0.2) is 16.6 Å². The summed E-state index contributed by atoms with van der Waals surface area (Å²) >= 11 is 5.70. The van der Waals surface area contributed by atoms with Crippen molar-refractivity contribution in [2.75, 3.05) is 59.2 Å². The second kappa shape index (κ2) is 11.0. The van der Waals surface area contributed by atoms with E-state index in [9.17, 15) is 4.79 Å². The molecule has 1 saturated heterocycles. The Bertz CT molecular complexity index is 990. The van der Waals surface area contributed by atoms with Crippen molar-refractivity contribution in [3.63, 3.8) is 0 Å². The molecule has 1 aromatic carbocycles. The number of aromatic nitrogens is 1. The standard InChI is InChI=1S/C23H32N4O4S/c1-2-3-4-24-23(32)27(6-5-26-7-9-29-10-8-26)16-18-13-17-14-20-21(31-12-11-30-20)15-19(17)25-22(18)28/h13-15H,2-12,16H2,1H3,(H,24,32)(H,25,28). The monoisotopic (exact) mass is 460 g/mol. The van der Waals surface area contributed by atoms with Crippen LogP contribution in [0.5, 0.6) is 11.5 Å². The number of pyridine rings is 1. The number of thiocarbonyl (C=S) groups is 1. The molecule has 0 amide bonds. The van der Waals surface area contributed by atoms with Crippen LogP contribution in [0, 0.1) is 0 Å². The number of aromatic amines is 1. The molecule has 0 spiro atoms. The number of hydrogen-bond donors (Lipinski definition) is 2. The average Bonchev–Trinajstić information content (AvgIpc) is 2.81. The summed E-state index contributed by atoms with van der Waals surface area (Å²) in [5, 5.41) is 4.96. The molecular weight excluding hydrogens is 428 g/mol. The smallest absolute Gasteiger partial charge is 0.253 e. The van der Waals surface area contributed by atoms with E-state index in [1.54, 1.807) is 0 Å². The van der Waals surface area contributed by atoms with Crippen LogP contribution in [-0.4, -0.2) is 79.0 Å². The number of morpholine rings is 1. The zero-order chi connectivity index (χ0) is 22.3. The van der Waals surface area contributed by atoms with Gasteiger partial charge in [-0.3, -0.25) is 9.69 Å². The van der Waals surface area contributed by atoms with Crippen LogP contribution in [0.1, 0.15) is 25.3 Å². The predicted octanol–water partition coefficient (Wildman–Crippen LogP) is 2.11. The first-order chi connectivity index (χ1) is 15.6. The Morgan fingerprint density at radius 1 is 1.16 bits per heavy atom. The molecule has 0 aliphatic carbocycles. The van der Waals surface area contributed by atoms with E-state index in [-0.39, 0.29) is 5.56 Å². The first-order valence-corrected chi connectivity index (χ1v) is 11.8. The lowest BCUT2D eigenvalue weighted by atomic mass is 10.1. The lowest BCUT2D eigenvalue weighted by Crippen LogP contribution is -2.46. The minimum atomic E-state index is -0.109. The molecule has 0 radical (unpaired) electrons. The van der Waals surface area contributed by atoms with Crippen molar-refractivity contribution >= 4 is 28.2 Å². The zero-order valence-corrected chi connectivity index (χ0v) is 19.5. The van der Waals surface area contributed by atoms with E-state index in [0.717, 1.165) is 69.7 Å². The van der Waals surface area contributed by atoms with Gasteiger partial charge in [-0.1, -0.05) is 13.3 Å². The van der Waals surface area contributed by atoms with Crippen molar-refractivity contribution in [3.8, 4) is 11.5 Å². The largest absolute Gasteiger partial charge is 0.486 e. The lowest BCUT2D eigenvalue weighted by molar-refractivity contribution is 0.0357. The van der Waals surface area contributed by atoms with E-state index in [2.05, 4.69) is 27.0 Å². The average molecular weight is 461 g/mol. The third-order valence-electron chi connectivity index (χ3n) is 5.83. The highest BCUT2D eigenvalue weighted by Gasteiger charge is 2.18. The van der Waals surface area contributed by atoms with Crippen molar-refractivity contribution in [1.29, 1.82) is 0 Å². The zero-order valence-electron chi connectivity index (χ0n) is 18.7. The van der Waals surface area contributed by atoms with Gasteiger partial charge in [-0.15, -0.1) is 0 Å². The Labute approximate surface area is 193 Å². The topological polar surface area (TPSA) is 79.1 Å². The van der Waals surface area contributed by atoms with Crippen molar-refractivity contribution in [2.45, 2.75) is 26.3 Å². The molecule has 0 atom stereocenters. The Morgan fingerprint density at radius 2 is 1.91 bits per heavy atom. The molecule has 0 unspecified atom stereocenters.